The second kappa shape index (κ2) is 5.64. The molecule has 18 heavy (non-hydrogen) atoms. The van der Waals surface area contributed by atoms with Crippen molar-refractivity contribution in [2.45, 2.75) is 30.7 Å². The van der Waals surface area contributed by atoms with E-state index in [0.717, 1.165) is 0 Å². The summed E-state index contributed by atoms with van der Waals surface area (Å²) in [6, 6.07) is 8.64. The zero-order valence-electron chi connectivity index (χ0n) is 9.59. The van der Waals surface area contributed by atoms with Gasteiger partial charge in [-0.15, -0.1) is 0 Å². The van der Waals surface area contributed by atoms with Gasteiger partial charge in [0.25, 0.3) is 0 Å². The molecule has 0 aromatic heterocycles. The van der Waals surface area contributed by atoms with Gasteiger partial charge in [-0.3, -0.25) is 0 Å². The maximum absolute atomic E-state index is 9.74. The molecule has 1 saturated heterocycles. The number of para-hydroxylation sites is 1. The fraction of sp³-hybridized carbons (Fsp3) is 0.500. The quantitative estimate of drug-likeness (QED) is 0.546. The molecule has 2 rings (SSSR count). The second-order valence-electron chi connectivity index (χ2n) is 4.13. The van der Waals surface area contributed by atoms with Gasteiger partial charge in [-0.05, 0) is 12.1 Å². The topological polar surface area (TPSA) is 99.4 Å². The monoisotopic (exact) mass is 256 g/mol. The zero-order valence-corrected chi connectivity index (χ0v) is 9.59. The van der Waals surface area contributed by atoms with Crippen LogP contribution in [0.15, 0.2) is 30.3 Å². The average Bonchev–Trinajstić information content (AvgIpc) is 2.40. The molecule has 1 aliphatic rings. The van der Waals surface area contributed by atoms with E-state index in [1.54, 1.807) is 30.3 Å². The summed E-state index contributed by atoms with van der Waals surface area (Å²) in [7, 11) is 0. The van der Waals surface area contributed by atoms with Gasteiger partial charge < -0.3 is 29.9 Å². The first-order valence-corrected chi connectivity index (χ1v) is 5.65. The van der Waals surface area contributed by atoms with E-state index in [2.05, 4.69) is 0 Å². The number of rotatable bonds is 3. The van der Waals surface area contributed by atoms with Crippen LogP contribution in [0.4, 0.5) is 0 Å². The maximum Gasteiger partial charge on any atom is 0.229 e. The highest BCUT2D eigenvalue weighted by Crippen LogP contribution is 2.23. The van der Waals surface area contributed by atoms with Crippen LogP contribution in [0.25, 0.3) is 0 Å². The fourth-order valence-electron chi connectivity index (χ4n) is 1.80. The first-order chi connectivity index (χ1) is 8.63. The molecular weight excluding hydrogens is 240 g/mol. The molecular formula is C12H16O6. The Morgan fingerprint density at radius 1 is 1.00 bits per heavy atom. The predicted octanol–water partition coefficient (Wildman–Crippen LogP) is -1.13. The van der Waals surface area contributed by atoms with Crippen molar-refractivity contribution in [2.24, 2.45) is 0 Å². The van der Waals surface area contributed by atoms with Gasteiger partial charge in [0.1, 0.15) is 30.2 Å². The largest absolute Gasteiger partial charge is 0.462 e. The highest BCUT2D eigenvalue weighted by atomic mass is 16.7. The Labute approximate surface area is 104 Å². The molecule has 0 spiro atoms. The maximum atomic E-state index is 9.74. The van der Waals surface area contributed by atoms with E-state index in [4.69, 9.17) is 14.6 Å². The lowest BCUT2D eigenvalue weighted by atomic mass is 9.99. The highest BCUT2D eigenvalue weighted by molar-refractivity contribution is 5.21. The van der Waals surface area contributed by atoms with E-state index in [-0.39, 0.29) is 0 Å². The third kappa shape index (κ3) is 2.63. The number of benzene rings is 1. The van der Waals surface area contributed by atoms with Crippen molar-refractivity contribution in [1.29, 1.82) is 0 Å². The van der Waals surface area contributed by atoms with Crippen LogP contribution in [0.5, 0.6) is 5.75 Å². The normalized spacial score (nSPS) is 36.3. The minimum atomic E-state index is -1.43. The Balaban J connectivity index is 2.08. The molecule has 0 amide bonds. The number of aliphatic hydroxyl groups is 4. The third-order valence-electron chi connectivity index (χ3n) is 2.84. The molecule has 1 heterocycles. The Morgan fingerprint density at radius 2 is 1.67 bits per heavy atom. The molecule has 0 unspecified atom stereocenters. The van der Waals surface area contributed by atoms with Crippen LogP contribution >= 0.6 is 0 Å². The van der Waals surface area contributed by atoms with Crippen molar-refractivity contribution in [3.8, 4) is 5.75 Å². The fourth-order valence-corrected chi connectivity index (χ4v) is 1.80. The summed E-state index contributed by atoms with van der Waals surface area (Å²) in [4.78, 5) is 0. The van der Waals surface area contributed by atoms with E-state index >= 15 is 0 Å². The SMILES string of the molecule is OC[C@@H]1O[C@@H](Oc2ccccc2)[C@@H](O)[C@H](O)[C@H]1O. The van der Waals surface area contributed by atoms with Crippen molar-refractivity contribution in [3.63, 3.8) is 0 Å². The molecule has 4 N–H and O–H groups in total. The Hall–Kier alpha value is -1.18. The summed E-state index contributed by atoms with van der Waals surface area (Å²) in [5, 5.41) is 37.9. The van der Waals surface area contributed by atoms with Crippen LogP contribution in [0, 0.1) is 0 Å². The predicted molar refractivity (Wildman–Crippen MR) is 60.8 cm³/mol. The lowest BCUT2D eigenvalue weighted by Gasteiger charge is -2.39. The van der Waals surface area contributed by atoms with E-state index in [1.165, 1.54) is 0 Å². The minimum absolute atomic E-state index is 0.460. The van der Waals surface area contributed by atoms with Crippen molar-refractivity contribution >= 4 is 0 Å². The molecule has 0 radical (unpaired) electrons. The van der Waals surface area contributed by atoms with Gasteiger partial charge in [-0.25, -0.2) is 0 Å². The van der Waals surface area contributed by atoms with Gasteiger partial charge >= 0.3 is 0 Å². The summed E-state index contributed by atoms with van der Waals surface area (Å²) in [5.41, 5.74) is 0. The molecule has 1 aromatic carbocycles. The molecule has 100 valence electrons. The van der Waals surface area contributed by atoms with Crippen LogP contribution in [-0.4, -0.2) is 57.7 Å². The van der Waals surface area contributed by atoms with Crippen LogP contribution in [-0.2, 0) is 4.74 Å². The molecule has 0 saturated carbocycles. The van der Waals surface area contributed by atoms with Crippen LogP contribution < -0.4 is 4.74 Å². The van der Waals surface area contributed by atoms with Gasteiger partial charge in [-0.1, -0.05) is 18.2 Å². The van der Waals surface area contributed by atoms with E-state index in [1.807, 2.05) is 0 Å². The van der Waals surface area contributed by atoms with Gasteiger partial charge in [0.05, 0.1) is 6.61 Å². The Morgan fingerprint density at radius 3 is 2.28 bits per heavy atom. The molecule has 6 heteroatoms. The van der Waals surface area contributed by atoms with Gasteiger partial charge in [0.2, 0.25) is 6.29 Å². The summed E-state index contributed by atoms with van der Waals surface area (Å²) in [5.74, 6) is 0.460. The number of hydrogen-bond acceptors (Lipinski definition) is 6. The summed E-state index contributed by atoms with van der Waals surface area (Å²) < 4.78 is 10.6. The van der Waals surface area contributed by atoms with Crippen LogP contribution in [0.2, 0.25) is 0 Å². The van der Waals surface area contributed by atoms with E-state index in [9.17, 15) is 15.3 Å². The second-order valence-corrected chi connectivity index (χ2v) is 4.13. The van der Waals surface area contributed by atoms with Crippen molar-refractivity contribution in [3.05, 3.63) is 30.3 Å². The molecule has 1 aromatic rings. The van der Waals surface area contributed by atoms with Gasteiger partial charge in [0, 0.05) is 0 Å². The number of hydrogen-bond donors (Lipinski definition) is 4. The van der Waals surface area contributed by atoms with Crippen LogP contribution in [0.3, 0.4) is 0 Å². The molecule has 0 bridgehead atoms. The van der Waals surface area contributed by atoms with Gasteiger partial charge in [-0.2, -0.15) is 0 Å². The molecule has 1 aliphatic heterocycles. The number of aliphatic hydroxyl groups excluding tert-OH is 4. The summed E-state index contributed by atoms with van der Waals surface area (Å²) in [6.45, 7) is -0.473. The molecule has 6 nitrogen and oxygen atoms in total. The van der Waals surface area contributed by atoms with E-state index in [0.29, 0.717) is 5.75 Å². The average molecular weight is 256 g/mol. The minimum Gasteiger partial charge on any atom is -0.462 e. The Bertz CT molecular complexity index is 368. The van der Waals surface area contributed by atoms with Crippen molar-refractivity contribution in [1.82, 2.24) is 0 Å². The van der Waals surface area contributed by atoms with Gasteiger partial charge in [0.15, 0.2) is 0 Å². The van der Waals surface area contributed by atoms with Crippen LogP contribution in [0.1, 0.15) is 0 Å². The van der Waals surface area contributed by atoms with E-state index < -0.39 is 37.3 Å². The lowest BCUT2D eigenvalue weighted by Crippen LogP contribution is -2.60. The molecule has 1 fully saturated rings. The zero-order chi connectivity index (χ0) is 13.1. The smallest absolute Gasteiger partial charge is 0.229 e. The lowest BCUT2D eigenvalue weighted by molar-refractivity contribution is -0.277. The first-order valence-electron chi connectivity index (χ1n) is 5.65. The number of ether oxygens (including phenoxy) is 2. The first kappa shape index (κ1) is 13.3. The highest BCUT2D eigenvalue weighted by Gasteiger charge is 2.44. The molecule has 5 atom stereocenters. The summed E-state index contributed by atoms with van der Waals surface area (Å²) >= 11 is 0. The third-order valence-corrected chi connectivity index (χ3v) is 2.84. The molecule has 0 aliphatic carbocycles. The summed E-state index contributed by atoms with van der Waals surface area (Å²) in [6.07, 6.45) is -6.28. The van der Waals surface area contributed by atoms with Crippen molar-refractivity contribution in [2.75, 3.05) is 6.61 Å². The standard InChI is InChI=1S/C12H16O6/c13-6-8-9(14)10(15)11(16)12(18-8)17-7-4-2-1-3-5-7/h1-5,8-16H,6H2/t8-,9-,10+,11-,12+/m0/s1. The Kier molecular flexibility index (Phi) is 4.15. The van der Waals surface area contributed by atoms with Crippen molar-refractivity contribution < 1.29 is 29.9 Å².